The lowest BCUT2D eigenvalue weighted by Crippen LogP contribution is -2.39. The Bertz CT molecular complexity index is 504. The molecule has 1 amide bonds. The second-order valence-corrected chi connectivity index (χ2v) is 4.70. The van der Waals surface area contributed by atoms with Gasteiger partial charge in [-0.05, 0) is 29.5 Å². The zero-order valence-corrected chi connectivity index (χ0v) is 12.2. The second kappa shape index (κ2) is 6.41. The van der Waals surface area contributed by atoms with Crippen molar-refractivity contribution in [3.05, 3.63) is 34.9 Å². The number of ether oxygens (including phenoxy) is 1. The van der Waals surface area contributed by atoms with Crippen LogP contribution in [0.3, 0.4) is 0 Å². The van der Waals surface area contributed by atoms with E-state index in [4.69, 9.17) is 0 Å². The maximum absolute atomic E-state index is 11.2. The highest BCUT2D eigenvalue weighted by atomic mass is 16.5. The van der Waals surface area contributed by atoms with Gasteiger partial charge < -0.3 is 10.1 Å². The summed E-state index contributed by atoms with van der Waals surface area (Å²) in [6.45, 7) is 4.94. The molecule has 0 saturated carbocycles. The average Bonchev–Trinajstić information content (AvgIpc) is 2.94. The summed E-state index contributed by atoms with van der Waals surface area (Å²) in [5.74, 6) is 0.481. The first-order valence-electron chi connectivity index (χ1n) is 6.96. The van der Waals surface area contributed by atoms with Crippen LogP contribution in [0.15, 0.2) is 23.2 Å². The molecular formula is C15H21N3O2. The molecule has 0 saturated heterocycles. The zero-order chi connectivity index (χ0) is 14.5. The number of hydrogen-bond donors (Lipinski definition) is 2. The van der Waals surface area contributed by atoms with E-state index in [9.17, 15) is 4.79 Å². The summed E-state index contributed by atoms with van der Waals surface area (Å²) in [7, 11) is 1.34. The molecule has 0 bridgehead atoms. The van der Waals surface area contributed by atoms with E-state index in [1.54, 1.807) is 0 Å². The second-order valence-electron chi connectivity index (χ2n) is 4.70. The van der Waals surface area contributed by atoms with Gasteiger partial charge in [-0.15, -0.1) is 0 Å². The Hall–Kier alpha value is -2.04. The van der Waals surface area contributed by atoms with Crippen molar-refractivity contribution in [2.24, 2.45) is 4.99 Å². The standard InChI is InChI=1S/C15H21N3O2/c1-4-10-7-6-8-11(5-2)13(10)12-9-16-14(17-12)18-15(19)20-3/h6-8,12H,4-5,9H2,1-3H3,(H2,16,17,18,19). The number of guanidine groups is 1. The number of nitrogens with one attached hydrogen (secondary N) is 2. The molecule has 1 heterocycles. The third kappa shape index (κ3) is 2.92. The summed E-state index contributed by atoms with van der Waals surface area (Å²) < 4.78 is 4.57. The maximum Gasteiger partial charge on any atom is 0.413 e. The molecule has 108 valence electrons. The fourth-order valence-electron chi connectivity index (χ4n) is 2.56. The highest BCUT2D eigenvalue weighted by molar-refractivity contribution is 5.95. The minimum atomic E-state index is -0.503. The Morgan fingerprint density at radius 3 is 2.60 bits per heavy atom. The molecule has 20 heavy (non-hydrogen) atoms. The lowest BCUT2D eigenvalue weighted by atomic mass is 9.92. The van der Waals surface area contributed by atoms with Gasteiger partial charge in [0.1, 0.15) is 0 Å². The molecule has 1 aromatic carbocycles. The van der Waals surface area contributed by atoms with Crippen molar-refractivity contribution in [2.75, 3.05) is 13.7 Å². The van der Waals surface area contributed by atoms with Crippen LogP contribution in [0.4, 0.5) is 4.79 Å². The molecule has 1 aliphatic rings. The van der Waals surface area contributed by atoms with Crippen LogP contribution in [0.5, 0.6) is 0 Å². The van der Waals surface area contributed by atoms with E-state index >= 15 is 0 Å². The van der Waals surface area contributed by atoms with Crippen LogP contribution in [0.2, 0.25) is 0 Å². The van der Waals surface area contributed by atoms with Crippen molar-refractivity contribution in [2.45, 2.75) is 32.7 Å². The third-order valence-electron chi connectivity index (χ3n) is 3.55. The Morgan fingerprint density at radius 1 is 1.40 bits per heavy atom. The number of methoxy groups -OCH3 is 1. The normalized spacial score (nSPS) is 17.4. The lowest BCUT2D eigenvalue weighted by Gasteiger charge is -2.19. The van der Waals surface area contributed by atoms with Crippen molar-refractivity contribution in [1.82, 2.24) is 10.6 Å². The third-order valence-corrected chi connectivity index (χ3v) is 3.55. The Balaban J connectivity index is 2.17. The fourth-order valence-corrected chi connectivity index (χ4v) is 2.56. The van der Waals surface area contributed by atoms with Crippen LogP contribution in [0.25, 0.3) is 0 Å². The molecule has 0 fully saturated rings. The highest BCUT2D eigenvalue weighted by Gasteiger charge is 2.24. The number of hydrogen-bond acceptors (Lipinski definition) is 4. The van der Waals surface area contributed by atoms with Crippen molar-refractivity contribution < 1.29 is 9.53 Å². The molecule has 2 rings (SSSR count). The van der Waals surface area contributed by atoms with Crippen molar-refractivity contribution in [3.8, 4) is 0 Å². The first-order valence-corrected chi connectivity index (χ1v) is 6.96. The van der Waals surface area contributed by atoms with Crippen LogP contribution < -0.4 is 10.6 Å². The van der Waals surface area contributed by atoms with E-state index in [-0.39, 0.29) is 6.04 Å². The van der Waals surface area contributed by atoms with Gasteiger partial charge >= 0.3 is 6.09 Å². The fraction of sp³-hybridized carbons (Fsp3) is 0.467. The van der Waals surface area contributed by atoms with Gasteiger partial charge in [-0.1, -0.05) is 32.0 Å². The largest absolute Gasteiger partial charge is 0.453 e. The van der Waals surface area contributed by atoms with Gasteiger partial charge in [-0.25, -0.2) is 4.79 Å². The number of aliphatic imine (C=N–C) groups is 1. The minimum Gasteiger partial charge on any atom is -0.453 e. The van der Waals surface area contributed by atoms with E-state index < -0.39 is 6.09 Å². The lowest BCUT2D eigenvalue weighted by molar-refractivity contribution is 0.176. The molecule has 1 aliphatic heterocycles. The predicted octanol–water partition coefficient (Wildman–Crippen LogP) is 2.17. The summed E-state index contributed by atoms with van der Waals surface area (Å²) in [4.78, 5) is 15.5. The average molecular weight is 275 g/mol. The molecule has 0 aliphatic carbocycles. The number of benzene rings is 1. The number of aryl methyl sites for hydroxylation is 2. The van der Waals surface area contributed by atoms with E-state index in [2.05, 4.69) is 52.4 Å². The summed E-state index contributed by atoms with van der Waals surface area (Å²) in [5.41, 5.74) is 3.97. The predicted molar refractivity (Wildman–Crippen MR) is 78.9 cm³/mol. The SMILES string of the molecule is CCc1cccc(CC)c1C1CN=C(NC(=O)OC)N1. The van der Waals surface area contributed by atoms with Gasteiger partial charge in [0.25, 0.3) is 0 Å². The smallest absolute Gasteiger partial charge is 0.413 e. The molecule has 1 unspecified atom stereocenters. The molecule has 1 aromatic rings. The molecule has 5 nitrogen and oxygen atoms in total. The first-order chi connectivity index (χ1) is 9.69. The van der Waals surface area contributed by atoms with Crippen LogP contribution in [-0.4, -0.2) is 25.7 Å². The minimum absolute atomic E-state index is 0.119. The molecule has 0 radical (unpaired) electrons. The molecule has 5 heteroatoms. The van der Waals surface area contributed by atoms with Crippen LogP contribution in [0.1, 0.15) is 36.6 Å². The number of carbonyl (C=O) groups is 1. The maximum atomic E-state index is 11.2. The number of alkyl carbamates (subject to hydrolysis) is 1. The first kappa shape index (κ1) is 14.4. The van der Waals surface area contributed by atoms with Gasteiger partial charge in [0.2, 0.25) is 5.96 Å². The molecule has 1 atom stereocenters. The molecule has 2 N–H and O–H groups in total. The van der Waals surface area contributed by atoms with Crippen molar-refractivity contribution in [3.63, 3.8) is 0 Å². The summed E-state index contributed by atoms with van der Waals surface area (Å²) in [5, 5.41) is 5.84. The van der Waals surface area contributed by atoms with Crippen LogP contribution >= 0.6 is 0 Å². The van der Waals surface area contributed by atoms with E-state index in [0.29, 0.717) is 12.5 Å². The van der Waals surface area contributed by atoms with Crippen LogP contribution in [0, 0.1) is 0 Å². The number of carbonyl (C=O) groups excluding carboxylic acids is 1. The summed E-state index contributed by atoms with van der Waals surface area (Å²) in [6.07, 6.45) is 1.47. The Labute approximate surface area is 119 Å². The van der Waals surface area contributed by atoms with Gasteiger partial charge in [-0.3, -0.25) is 10.3 Å². The number of nitrogens with zero attached hydrogens (tertiary/aromatic N) is 1. The summed E-state index contributed by atoms with van der Waals surface area (Å²) >= 11 is 0. The number of rotatable bonds is 3. The molecule has 0 aromatic heterocycles. The Morgan fingerprint density at radius 2 is 2.05 bits per heavy atom. The van der Waals surface area contributed by atoms with Crippen molar-refractivity contribution in [1.29, 1.82) is 0 Å². The Kier molecular flexibility index (Phi) is 4.61. The van der Waals surface area contributed by atoms with Gasteiger partial charge in [0.15, 0.2) is 0 Å². The topological polar surface area (TPSA) is 62.7 Å². The van der Waals surface area contributed by atoms with Gasteiger partial charge in [0, 0.05) is 0 Å². The quantitative estimate of drug-likeness (QED) is 0.888. The molecule has 0 spiro atoms. The van der Waals surface area contributed by atoms with E-state index in [0.717, 1.165) is 12.8 Å². The van der Waals surface area contributed by atoms with Gasteiger partial charge in [-0.2, -0.15) is 0 Å². The summed E-state index contributed by atoms with van der Waals surface area (Å²) in [6, 6.07) is 6.53. The highest BCUT2D eigenvalue weighted by Crippen LogP contribution is 2.26. The zero-order valence-electron chi connectivity index (χ0n) is 12.2. The van der Waals surface area contributed by atoms with Gasteiger partial charge in [0.05, 0.1) is 19.7 Å². The molecular weight excluding hydrogens is 254 g/mol. The monoisotopic (exact) mass is 275 g/mol. The number of amides is 1. The van der Waals surface area contributed by atoms with Crippen molar-refractivity contribution >= 4 is 12.1 Å². The van der Waals surface area contributed by atoms with E-state index in [1.165, 1.54) is 23.8 Å². The van der Waals surface area contributed by atoms with Crippen LogP contribution in [-0.2, 0) is 17.6 Å². The van der Waals surface area contributed by atoms with E-state index in [1.807, 2.05) is 0 Å².